The lowest BCUT2D eigenvalue weighted by molar-refractivity contribution is -0.117. The minimum absolute atomic E-state index is 0.122. The molecule has 0 radical (unpaired) electrons. The Morgan fingerprint density at radius 3 is 2.71 bits per heavy atom. The second-order valence-electron chi connectivity index (χ2n) is 4.57. The van der Waals surface area contributed by atoms with E-state index in [1.54, 1.807) is 30.3 Å². The van der Waals surface area contributed by atoms with Crippen LogP contribution >= 0.6 is 22.9 Å². The summed E-state index contributed by atoms with van der Waals surface area (Å²) in [5.74, 6) is -0.792. The minimum atomic E-state index is -0.411. The SMILES string of the molecule is Cc1ccc(/C=C2/C(=O)NN(c3cccc(Cl)c3)C2=O)s1. The predicted molar refractivity (Wildman–Crippen MR) is 84.1 cm³/mol. The summed E-state index contributed by atoms with van der Waals surface area (Å²) in [6.07, 6.45) is 1.61. The van der Waals surface area contributed by atoms with Gasteiger partial charge in [-0.2, -0.15) is 0 Å². The average molecular weight is 319 g/mol. The summed E-state index contributed by atoms with van der Waals surface area (Å²) in [4.78, 5) is 26.4. The number of rotatable bonds is 2. The van der Waals surface area contributed by atoms with Crippen LogP contribution in [0.1, 0.15) is 9.75 Å². The van der Waals surface area contributed by atoms with Crippen LogP contribution in [0.2, 0.25) is 5.02 Å². The van der Waals surface area contributed by atoms with Crippen molar-refractivity contribution in [1.82, 2.24) is 5.43 Å². The van der Waals surface area contributed by atoms with E-state index in [1.807, 2.05) is 19.1 Å². The van der Waals surface area contributed by atoms with E-state index >= 15 is 0 Å². The summed E-state index contributed by atoms with van der Waals surface area (Å²) in [6.45, 7) is 1.97. The summed E-state index contributed by atoms with van der Waals surface area (Å²) in [5.41, 5.74) is 3.20. The van der Waals surface area contributed by atoms with Crippen molar-refractivity contribution in [1.29, 1.82) is 0 Å². The van der Waals surface area contributed by atoms with Gasteiger partial charge in [0.1, 0.15) is 5.57 Å². The molecule has 1 aliphatic heterocycles. The van der Waals surface area contributed by atoms with Crippen molar-refractivity contribution >= 4 is 46.5 Å². The summed E-state index contributed by atoms with van der Waals surface area (Å²) in [5, 5.41) is 1.71. The van der Waals surface area contributed by atoms with E-state index in [-0.39, 0.29) is 11.5 Å². The maximum absolute atomic E-state index is 12.4. The summed E-state index contributed by atoms with van der Waals surface area (Å²) >= 11 is 7.44. The molecule has 2 heterocycles. The standard InChI is InChI=1S/C15H11ClN2O2S/c1-9-5-6-12(21-9)8-13-14(19)17-18(15(13)20)11-4-2-3-10(16)7-11/h2-8H,1H3,(H,17,19)/b13-8-. The maximum atomic E-state index is 12.4. The van der Waals surface area contributed by atoms with E-state index in [1.165, 1.54) is 16.3 Å². The van der Waals surface area contributed by atoms with Crippen molar-refractivity contribution in [3.8, 4) is 0 Å². The van der Waals surface area contributed by atoms with Crippen LogP contribution in [0, 0.1) is 6.92 Å². The molecule has 0 spiro atoms. The molecule has 2 amide bonds. The van der Waals surface area contributed by atoms with Gasteiger partial charge in [0.05, 0.1) is 5.69 Å². The number of amides is 2. The molecule has 1 aromatic heterocycles. The van der Waals surface area contributed by atoms with Crippen LogP contribution in [-0.4, -0.2) is 11.8 Å². The second-order valence-corrected chi connectivity index (χ2v) is 6.32. The highest BCUT2D eigenvalue weighted by Gasteiger charge is 2.34. The molecule has 0 bridgehead atoms. The molecule has 1 N–H and O–H groups in total. The molecule has 1 fully saturated rings. The number of thiophene rings is 1. The Morgan fingerprint density at radius 1 is 1.24 bits per heavy atom. The largest absolute Gasteiger partial charge is 0.282 e. The number of halogens is 1. The lowest BCUT2D eigenvalue weighted by atomic mass is 10.2. The minimum Gasteiger partial charge on any atom is -0.267 e. The molecule has 1 aromatic carbocycles. The first kappa shape index (κ1) is 13.9. The first-order valence-corrected chi connectivity index (χ1v) is 7.43. The van der Waals surface area contributed by atoms with Crippen molar-refractivity contribution in [3.05, 3.63) is 56.7 Å². The van der Waals surface area contributed by atoms with E-state index in [4.69, 9.17) is 11.6 Å². The number of benzene rings is 1. The van der Waals surface area contributed by atoms with Gasteiger partial charge >= 0.3 is 0 Å². The van der Waals surface area contributed by atoms with Crippen LogP contribution in [0.25, 0.3) is 6.08 Å². The normalized spacial score (nSPS) is 16.7. The summed E-state index contributed by atoms with van der Waals surface area (Å²) in [6, 6.07) is 10.6. The monoisotopic (exact) mass is 318 g/mol. The molecule has 3 rings (SSSR count). The lowest BCUT2D eigenvalue weighted by Crippen LogP contribution is -2.35. The van der Waals surface area contributed by atoms with Crippen LogP contribution in [0.5, 0.6) is 0 Å². The molecule has 0 aliphatic carbocycles. The van der Waals surface area contributed by atoms with Crippen LogP contribution in [-0.2, 0) is 9.59 Å². The molecular formula is C15H11ClN2O2S. The van der Waals surface area contributed by atoms with Crippen LogP contribution < -0.4 is 10.4 Å². The number of aryl methyl sites for hydroxylation is 1. The fourth-order valence-electron chi connectivity index (χ4n) is 2.03. The zero-order valence-electron chi connectivity index (χ0n) is 11.1. The molecule has 4 nitrogen and oxygen atoms in total. The Kier molecular flexibility index (Phi) is 3.53. The Labute approximate surface area is 130 Å². The van der Waals surface area contributed by atoms with Gasteiger partial charge in [-0.1, -0.05) is 17.7 Å². The third-order valence-corrected chi connectivity index (χ3v) is 4.19. The average Bonchev–Trinajstić information content (AvgIpc) is 2.97. The van der Waals surface area contributed by atoms with Gasteiger partial charge in [0.2, 0.25) is 0 Å². The number of carbonyl (C=O) groups excluding carboxylic acids is 2. The zero-order chi connectivity index (χ0) is 15.0. The molecule has 6 heteroatoms. The highest BCUT2D eigenvalue weighted by Crippen LogP contribution is 2.25. The van der Waals surface area contributed by atoms with Crippen LogP contribution in [0.3, 0.4) is 0 Å². The predicted octanol–water partition coefficient (Wildman–Crippen LogP) is 3.17. The Hall–Kier alpha value is -2.11. The third-order valence-electron chi connectivity index (χ3n) is 3.01. The van der Waals surface area contributed by atoms with Crippen molar-refractivity contribution in [2.75, 3.05) is 5.01 Å². The van der Waals surface area contributed by atoms with E-state index in [0.717, 1.165) is 9.75 Å². The van der Waals surface area contributed by atoms with Gasteiger partial charge in [-0.05, 0) is 43.3 Å². The number of hydrogen-bond acceptors (Lipinski definition) is 3. The smallest absolute Gasteiger partial charge is 0.267 e. The van der Waals surface area contributed by atoms with Crippen molar-refractivity contribution in [3.63, 3.8) is 0 Å². The van der Waals surface area contributed by atoms with Crippen LogP contribution in [0.4, 0.5) is 5.69 Å². The van der Waals surface area contributed by atoms with Crippen molar-refractivity contribution in [2.24, 2.45) is 0 Å². The Morgan fingerprint density at radius 2 is 2.05 bits per heavy atom. The van der Waals surface area contributed by atoms with Gasteiger partial charge in [-0.3, -0.25) is 15.0 Å². The van der Waals surface area contributed by atoms with Gasteiger partial charge in [-0.15, -0.1) is 11.3 Å². The maximum Gasteiger partial charge on any atom is 0.282 e. The molecule has 106 valence electrons. The third kappa shape index (κ3) is 2.70. The Balaban J connectivity index is 1.94. The summed E-state index contributed by atoms with van der Waals surface area (Å²) < 4.78 is 0. The van der Waals surface area contributed by atoms with Gasteiger partial charge in [0.15, 0.2) is 0 Å². The first-order valence-electron chi connectivity index (χ1n) is 6.24. The number of carbonyl (C=O) groups is 2. The van der Waals surface area contributed by atoms with E-state index in [2.05, 4.69) is 5.43 Å². The molecule has 1 saturated heterocycles. The second kappa shape index (κ2) is 5.35. The van der Waals surface area contributed by atoms with E-state index < -0.39 is 5.91 Å². The fourth-order valence-corrected chi connectivity index (χ4v) is 3.03. The topological polar surface area (TPSA) is 49.4 Å². The first-order chi connectivity index (χ1) is 10.0. The molecule has 21 heavy (non-hydrogen) atoms. The number of nitrogens with zero attached hydrogens (tertiary/aromatic N) is 1. The number of nitrogens with one attached hydrogen (secondary N) is 1. The molecule has 1 aliphatic rings. The number of hydrazine groups is 1. The van der Waals surface area contributed by atoms with Gasteiger partial charge in [0, 0.05) is 14.8 Å². The number of hydrogen-bond donors (Lipinski definition) is 1. The van der Waals surface area contributed by atoms with Gasteiger partial charge in [0.25, 0.3) is 11.8 Å². The van der Waals surface area contributed by atoms with E-state index in [9.17, 15) is 9.59 Å². The van der Waals surface area contributed by atoms with E-state index in [0.29, 0.717) is 10.7 Å². The molecule has 0 unspecified atom stereocenters. The highest BCUT2D eigenvalue weighted by atomic mass is 35.5. The quantitative estimate of drug-likeness (QED) is 0.683. The fraction of sp³-hybridized carbons (Fsp3) is 0.0667. The summed E-state index contributed by atoms with van der Waals surface area (Å²) in [7, 11) is 0. The lowest BCUT2D eigenvalue weighted by Gasteiger charge is -2.14. The molecule has 2 aromatic rings. The van der Waals surface area contributed by atoms with Crippen LogP contribution in [0.15, 0.2) is 42.0 Å². The molecular weight excluding hydrogens is 308 g/mol. The molecule has 0 saturated carbocycles. The van der Waals surface area contributed by atoms with Gasteiger partial charge in [-0.25, -0.2) is 5.01 Å². The molecule has 0 atom stereocenters. The van der Waals surface area contributed by atoms with Gasteiger partial charge < -0.3 is 0 Å². The van der Waals surface area contributed by atoms with Crippen molar-refractivity contribution in [2.45, 2.75) is 6.92 Å². The Bertz CT molecular complexity index is 767. The highest BCUT2D eigenvalue weighted by molar-refractivity contribution is 7.12. The number of anilines is 1. The van der Waals surface area contributed by atoms with Crippen molar-refractivity contribution < 1.29 is 9.59 Å². The zero-order valence-corrected chi connectivity index (χ0v) is 12.7.